The number of nitro groups is 1. The van der Waals surface area contributed by atoms with E-state index in [9.17, 15) is 14.9 Å². The number of non-ortho nitro benzene ring substituents is 1. The molecule has 1 aliphatic heterocycles. The molecule has 1 amide bonds. The summed E-state index contributed by atoms with van der Waals surface area (Å²) in [5.41, 5.74) is -0.120. The number of benzene rings is 1. The van der Waals surface area contributed by atoms with Gasteiger partial charge in [-0.15, -0.1) is 0 Å². The van der Waals surface area contributed by atoms with Gasteiger partial charge in [0.25, 0.3) is 5.69 Å². The molecule has 0 radical (unpaired) electrons. The molecule has 1 heterocycles. The third-order valence-corrected chi connectivity index (χ3v) is 3.49. The molecule has 108 valence electrons. The van der Waals surface area contributed by atoms with Crippen molar-refractivity contribution in [1.29, 1.82) is 0 Å². The summed E-state index contributed by atoms with van der Waals surface area (Å²) in [5.74, 6) is 0.193. The largest absolute Gasteiger partial charge is 0.490 e. The monoisotopic (exact) mass is 300 g/mol. The van der Waals surface area contributed by atoms with Crippen LogP contribution in [0.4, 0.5) is 10.5 Å². The number of ether oxygens (including phenoxy) is 1. The Labute approximate surface area is 119 Å². The van der Waals surface area contributed by atoms with Crippen molar-refractivity contribution < 1.29 is 19.6 Å². The highest BCUT2D eigenvalue weighted by Gasteiger charge is 2.29. The lowest BCUT2D eigenvalue weighted by atomic mass is 10.2. The zero-order chi connectivity index (χ0) is 14.7. The fraction of sp³-hybridized carbons (Fsp3) is 0.417. The summed E-state index contributed by atoms with van der Waals surface area (Å²) >= 11 is 5.91. The average Bonchev–Trinajstić information content (AvgIpc) is 2.86. The molecule has 1 atom stereocenters. The quantitative estimate of drug-likeness (QED) is 0.681. The van der Waals surface area contributed by atoms with Crippen LogP contribution in [-0.4, -0.2) is 40.2 Å². The standard InChI is InChI=1S/C12H13ClN2O5/c13-10-4-3-8(15(18)19)6-11(10)20-7-9-2-1-5-14(9)12(16)17/h3-4,6,9H,1-2,5,7H2,(H,16,17)/t9-/m0/s1. The molecule has 2 rings (SSSR count). The number of halogens is 1. The minimum Gasteiger partial charge on any atom is -0.490 e. The van der Waals surface area contributed by atoms with Gasteiger partial charge in [-0.3, -0.25) is 10.1 Å². The number of hydrogen-bond donors (Lipinski definition) is 1. The van der Waals surface area contributed by atoms with Crippen molar-refractivity contribution in [3.05, 3.63) is 33.3 Å². The van der Waals surface area contributed by atoms with Crippen LogP contribution < -0.4 is 4.74 Å². The second-order valence-electron chi connectivity index (χ2n) is 4.45. The molecule has 0 spiro atoms. The van der Waals surface area contributed by atoms with Crippen molar-refractivity contribution in [2.24, 2.45) is 0 Å². The first-order chi connectivity index (χ1) is 9.49. The summed E-state index contributed by atoms with van der Waals surface area (Å²) < 4.78 is 5.45. The molecule has 0 aromatic heterocycles. The molecule has 20 heavy (non-hydrogen) atoms. The molecular weight excluding hydrogens is 288 g/mol. The Hall–Kier alpha value is -2.02. The Morgan fingerprint density at radius 2 is 2.35 bits per heavy atom. The molecular formula is C12H13ClN2O5. The minimum atomic E-state index is -0.985. The van der Waals surface area contributed by atoms with Crippen molar-refractivity contribution >= 4 is 23.4 Å². The molecule has 8 heteroatoms. The molecule has 1 aliphatic rings. The van der Waals surface area contributed by atoms with E-state index >= 15 is 0 Å². The maximum Gasteiger partial charge on any atom is 0.407 e. The molecule has 1 fully saturated rings. The Balaban J connectivity index is 2.05. The van der Waals surface area contributed by atoms with Crippen LogP contribution >= 0.6 is 11.6 Å². The van der Waals surface area contributed by atoms with E-state index in [4.69, 9.17) is 21.4 Å². The SMILES string of the molecule is O=C(O)N1CCC[C@H]1COc1cc([N+](=O)[O-])ccc1Cl. The van der Waals surface area contributed by atoms with Gasteiger partial charge in [0, 0.05) is 12.6 Å². The Morgan fingerprint density at radius 3 is 3.00 bits per heavy atom. The number of hydrogen-bond acceptors (Lipinski definition) is 4. The molecule has 1 aromatic rings. The van der Waals surface area contributed by atoms with Crippen LogP contribution in [0.2, 0.25) is 5.02 Å². The smallest absolute Gasteiger partial charge is 0.407 e. The Morgan fingerprint density at radius 1 is 1.60 bits per heavy atom. The molecule has 0 aliphatic carbocycles. The molecule has 0 saturated carbocycles. The average molecular weight is 301 g/mol. The Bertz CT molecular complexity index is 537. The highest BCUT2D eigenvalue weighted by atomic mass is 35.5. The predicted molar refractivity (Wildman–Crippen MR) is 71.4 cm³/mol. The number of likely N-dealkylation sites (tertiary alicyclic amines) is 1. The molecule has 1 N–H and O–H groups in total. The lowest BCUT2D eigenvalue weighted by Gasteiger charge is -2.21. The summed E-state index contributed by atoms with van der Waals surface area (Å²) in [6.45, 7) is 0.610. The van der Waals surface area contributed by atoms with Gasteiger partial charge in [0.15, 0.2) is 0 Å². The van der Waals surface area contributed by atoms with Crippen molar-refractivity contribution in [3.63, 3.8) is 0 Å². The summed E-state index contributed by atoms with van der Waals surface area (Å²) in [7, 11) is 0. The van der Waals surface area contributed by atoms with Gasteiger partial charge in [0.2, 0.25) is 0 Å². The number of nitrogens with zero attached hydrogens (tertiary/aromatic N) is 2. The summed E-state index contributed by atoms with van der Waals surface area (Å²) in [4.78, 5) is 22.4. The van der Waals surface area contributed by atoms with Gasteiger partial charge in [0.05, 0.1) is 22.1 Å². The highest BCUT2D eigenvalue weighted by Crippen LogP contribution is 2.29. The second-order valence-corrected chi connectivity index (χ2v) is 4.86. The van der Waals surface area contributed by atoms with Crippen LogP contribution in [0.5, 0.6) is 5.75 Å². The van der Waals surface area contributed by atoms with E-state index in [-0.39, 0.29) is 29.1 Å². The van der Waals surface area contributed by atoms with Gasteiger partial charge in [0.1, 0.15) is 12.4 Å². The van der Waals surface area contributed by atoms with E-state index in [1.807, 2.05) is 0 Å². The zero-order valence-electron chi connectivity index (χ0n) is 10.5. The summed E-state index contributed by atoms with van der Waals surface area (Å²) in [6.07, 6.45) is 0.503. The third kappa shape index (κ3) is 3.11. The topological polar surface area (TPSA) is 92.9 Å². The fourth-order valence-corrected chi connectivity index (χ4v) is 2.34. The van der Waals surface area contributed by atoms with Crippen LogP contribution in [0.1, 0.15) is 12.8 Å². The van der Waals surface area contributed by atoms with E-state index < -0.39 is 11.0 Å². The maximum absolute atomic E-state index is 11.0. The number of carbonyl (C=O) groups is 1. The third-order valence-electron chi connectivity index (χ3n) is 3.18. The number of amides is 1. The van der Waals surface area contributed by atoms with Gasteiger partial charge < -0.3 is 14.7 Å². The van der Waals surface area contributed by atoms with E-state index in [1.54, 1.807) is 0 Å². The lowest BCUT2D eigenvalue weighted by Crippen LogP contribution is -2.38. The first-order valence-electron chi connectivity index (χ1n) is 6.05. The second kappa shape index (κ2) is 5.96. The zero-order valence-corrected chi connectivity index (χ0v) is 11.2. The molecule has 1 aromatic carbocycles. The van der Waals surface area contributed by atoms with E-state index in [0.717, 1.165) is 6.42 Å². The van der Waals surface area contributed by atoms with Crippen LogP contribution in [0.3, 0.4) is 0 Å². The Kier molecular flexibility index (Phi) is 4.29. The number of carboxylic acid groups (broad SMARTS) is 1. The molecule has 0 bridgehead atoms. The molecule has 1 saturated heterocycles. The van der Waals surface area contributed by atoms with Crippen molar-refractivity contribution in [2.75, 3.05) is 13.2 Å². The van der Waals surface area contributed by atoms with Crippen LogP contribution in [-0.2, 0) is 0 Å². The van der Waals surface area contributed by atoms with Gasteiger partial charge in [-0.1, -0.05) is 11.6 Å². The first kappa shape index (κ1) is 14.4. The van der Waals surface area contributed by atoms with Gasteiger partial charge in [-0.05, 0) is 18.9 Å². The summed E-state index contributed by atoms with van der Waals surface area (Å²) in [6, 6.07) is 3.66. The van der Waals surface area contributed by atoms with E-state index in [1.165, 1.54) is 23.1 Å². The van der Waals surface area contributed by atoms with E-state index in [2.05, 4.69) is 0 Å². The summed E-state index contributed by atoms with van der Waals surface area (Å²) in [5, 5.41) is 20.0. The number of rotatable bonds is 4. The van der Waals surface area contributed by atoms with Gasteiger partial charge in [-0.2, -0.15) is 0 Å². The minimum absolute atomic E-state index is 0.120. The predicted octanol–water partition coefficient (Wildman–Crippen LogP) is 2.77. The van der Waals surface area contributed by atoms with Crippen molar-refractivity contribution in [2.45, 2.75) is 18.9 Å². The normalized spacial score (nSPS) is 18.1. The first-order valence-corrected chi connectivity index (χ1v) is 6.43. The van der Waals surface area contributed by atoms with Crippen molar-refractivity contribution in [1.82, 2.24) is 4.90 Å². The fourth-order valence-electron chi connectivity index (χ4n) is 2.16. The lowest BCUT2D eigenvalue weighted by molar-refractivity contribution is -0.384. The molecule has 7 nitrogen and oxygen atoms in total. The maximum atomic E-state index is 11.0. The van der Waals surface area contributed by atoms with Crippen LogP contribution in [0.25, 0.3) is 0 Å². The molecule has 0 unspecified atom stereocenters. The van der Waals surface area contributed by atoms with Crippen LogP contribution in [0.15, 0.2) is 18.2 Å². The van der Waals surface area contributed by atoms with Crippen molar-refractivity contribution in [3.8, 4) is 5.75 Å². The van der Waals surface area contributed by atoms with Crippen LogP contribution in [0, 0.1) is 10.1 Å². The van der Waals surface area contributed by atoms with Gasteiger partial charge in [-0.25, -0.2) is 4.79 Å². The van der Waals surface area contributed by atoms with E-state index in [0.29, 0.717) is 13.0 Å². The highest BCUT2D eigenvalue weighted by molar-refractivity contribution is 6.32. The van der Waals surface area contributed by atoms with Gasteiger partial charge >= 0.3 is 6.09 Å². The number of nitro benzene ring substituents is 1.